The molecule has 0 N–H and O–H groups in total. The number of halogens is 4. The van der Waals surface area contributed by atoms with Gasteiger partial charge in [-0.05, 0) is 83.6 Å². The SMILES string of the molecule is CC(C)C1C(=O)N(c2cccc(OC(F)F)c2)c2ccc(C(=O)CC3(C)CS(=O)(=O)C3)cc21.CC(C)c1cn(-c2cccc(OC(F)F)c2)c2ccc(C(=O)CC3(C)CS(=O)(=O)C3)cc12. The lowest BCUT2D eigenvalue weighted by molar-refractivity contribution is -0.119. The topological polar surface area (TPSA) is 146 Å². The molecule has 17 heteroatoms. The summed E-state index contributed by atoms with van der Waals surface area (Å²) in [7, 11) is -6.08. The van der Waals surface area contributed by atoms with Crippen LogP contribution in [0.3, 0.4) is 0 Å². The van der Waals surface area contributed by atoms with E-state index in [1.807, 2.05) is 57.5 Å². The zero-order chi connectivity index (χ0) is 47.4. The summed E-state index contributed by atoms with van der Waals surface area (Å²) < 4.78 is 108. The molecule has 3 aliphatic rings. The molecule has 3 aliphatic heterocycles. The number of carbonyl (C=O) groups excluding carboxylic acids is 3. The number of alkyl halides is 4. The Balaban J connectivity index is 0.000000194. The summed E-state index contributed by atoms with van der Waals surface area (Å²) in [5.41, 5.74) is 4.09. The number of ether oxygens (including phenoxy) is 2. The second kappa shape index (κ2) is 17.7. The standard InChI is InChI=1S/C24H25F2NO5S.C24H25F2NO4S/c1-14(2)21-18-9-15(20(28)11-24(3)12-33(30,31)13-24)7-8-19(18)27(22(21)29)16-5-4-6-17(10-16)32-23(25)26;1-15(2)20-12-27(17-5-4-6-18(10-17)31-23(25)26)21-8-7-16(9-19(20)21)22(28)11-24(3)13-32(29,30)14-24/h4-10,14,21,23H,11-13H2,1-3H3;4-10,12,15,23H,11,13-14H2,1-3H3. The minimum atomic E-state index is -3.06. The lowest BCUT2D eigenvalue weighted by Crippen LogP contribution is -2.47. The predicted molar refractivity (Wildman–Crippen MR) is 240 cm³/mol. The van der Waals surface area contributed by atoms with E-state index in [2.05, 4.69) is 9.47 Å². The van der Waals surface area contributed by atoms with Gasteiger partial charge in [-0.2, -0.15) is 17.6 Å². The van der Waals surface area contributed by atoms with Gasteiger partial charge in [-0.1, -0.05) is 53.7 Å². The van der Waals surface area contributed by atoms with Crippen molar-refractivity contribution in [3.63, 3.8) is 0 Å². The molecule has 346 valence electrons. The molecule has 4 aromatic carbocycles. The molecule has 1 unspecified atom stereocenters. The Morgan fingerprint density at radius 1 is 0.692 bits per heavy atom. The van der Waals surface area contributed by atoms with E-state index >= 15 is 0 Å². The number of ketones is 2. The maximum absolute atomic E-state index is 13.4. The number of benzene rings is 4. The van der Waals surface area contributed by atoms with E-state index in [-0.39, 0.29) is 76.7 Å². The van der Waals surface area contributed by atoms with Crippen molar-refractivity contribution in [3.05, 3.63) is 113 Å². The minimum absolute atomic E-state index is 0.00536. The molecule has 2 fully saturated rings. The molecule has 2 saturated heterocycles. The van der Waals surface area contributed by atoms with Crippen molar-refractivity contribution in [2.75, 3.05) is 27.9 Å². The number of rotatable bonds is 14. The molecule has 1 atom stereocenters. The number of fused-ring (bicyclic) bond motifs is 2. The third-order valence-electron chi connectivity index (χ3n) is 11.9. The molecule has 0 bridgehead atoms. The van der Waals surface area contributed by atoms with Gasteiger partial charge in [0.15, 0.2) is 31.2 Å². The monoisotopic (exact) mass is 938 g/mol. The van der Waals surface area contributed by atoms with E-state index in [4.69, 9.17) is 0 Å². The summed E-state index contributed by atoms with van der Waals surface area (Å²) in [6.45, 7) is 5.63. The maximum atomic E-state index is 13.4. The van der Waals surface area contributed by atoms with Crippen LogP contribution in [0.2, 0.25) is 0 Å². The van der Waals surface area contributed by atoms with Gasteiger partial charge in [0.25, 0.3) is 0 Å². The first-order chi connectivity index (χ1) is 30.4. The van der Waals surface area contributed by atoms with Gasteiger partial charge < -0.3 is 14.0 Å². The zero-order valence-corrected chi connectivity index (χ0v) is 38.3. The van der Waals surface area contributed by atoms with Gasteiger partial charge in [0.2, 0.25) is 5.91 Å². The van der Waals surface area contributed by atoms with Gasteiger partial charge in [0.05, 0.1) is 45.8 Å². The van der Waals surface area contributed by atoms with E-state index in [1.54, 1.807) is 55.5 Å². The van der Waals surface area contributed by atoms with Crippen molar-refractivity contribution >= 4 is 59.4 Å². The van der Waals surface area contributed by atoms with Crippen LogP contribution in [0.1, 0.15) is 98.1 Å². The summed E-state index contributed by atoms with van der Waals surface area (Å²) in [6.07, 6.45) is 2.25. The number of hydrogen-bond donors (Lipinski definition) is 0. The third-order valence-corrected chi connectivity index (χ3v) is 16.5. The largest absolute Gasteiger partial charge is 0.435 e. The molecule has 11 nitrogen and oxygen atoms in total. The van der Waals surface area contributed by atoms with E-state index in [9.17, 15) is 48.8 Å². The number of aromatic nitrogens is 1. The molecule has 1 aromatic heterocycles. The Hall–Kier alpha value is -5.55. The normalized spacial score (nSPS) is 18.8. The Bertz CT molecular complexity index is 2890. The molecule has 65 heavy (non-hydrogen) atoms. The molecular weight excluding hydrogens is 889 g/mol. The Labute approximate surface area is 375 Å². The molecule has 0 saturated carbocycles. The molecule has 0 aliphatic carbocycles. The van der Waals surface area contributed by atoms with Crippen LogP contribution in [0.25, 0.3) is 16.6 Å². The fourth-order valence-corrected chi connectivity index (χ4v) is 13.9. The number of Topliss-reactive ketones (excluding diaryl/α,β-unsaturated/α-hetero) is 2. The molecule has 0 spiro atoms. The van der Waals surface area contributed by atoms with Crippen LogP contribution in [0.5, 0.6) is 11.5 Å². The van der Waals surface area contributed by atoms with Crippen LogP contribution in [-0.4, -0.2) is 75.1 Å². The number of hydrogen-bond acceptors (Lipinski definition) is 9. The van der Waals surface area contributed by atoms with Crippen molar-refractivity contribution in [1.82, 2.24) is 4.57 Å². The summed E-state index contributed by atoms with van der Waals surface area (Å²) in [6, 6.07) is 22.9. The van der Waals surface area contributed by atoms with Crippen molar-refractivity contribution in [1.29, 1.82) is 0 Å². The lowest BCUT2D eigenvalue weighted by Gasteiger charge is -2.37. The van der Waals surface area contributed by atoms with Crippen LogP contribution < -0.4 is 14.4 Å². The predicted octanol–water partition coefficient (Wildman–Crippen LogP) is 10.1. The molecular formula is C48H50F4N2O9S2. The van der Waals surface area contributed by atoms with Crippen LogP contribution in [-0.2, 0) is 24.5 Å². The molecule has 8 rings (SSSR count). The third kappa shape index (κ3) is 10.3. The van der Waals surface area contributed by atoms with E-state index in [1.165, 1.54) is 29.2 Å². The smallest absolute Gasteiger partial charge is 0.387 e. The quantitative estimate of drug-likeness (QED) is 0.0784. The summed E-state index contributed by atoms with van der Waals surface area (Å²) in [5.74, 6) is -0.792. The highest BCUT2D eigenvalue weighted by Crippen LogP contribution is 2.47. The van der Waals surface area contributed by atoms with Crippen LogP contribution in [0.4, 0.5) is 28.9 Å². The first kappa shape index (κ1) is 47.4. The van der Waals surface area contributed by atoms with E-state index < -0.39 is 49.6 Å². The Kier molecular flexibility index (Phi) is 12.9. The molecule has 0 radical (unpaired) electrons. The Morgan fingerprint density at radius 2 is 1.18 bits per heavy atom. The number of anilines is 2. The summed E-state index contributed by atoms with van der Waals surface area (Å²) in [5, 5.41) is 0.900. The van der Waals surface area contributed by atoms with Crippen molar-refractivity contribution in [2.45, 2.75) is 79.4 Å². The fourth-order valence-electron chi connectivity index (χ4n) is 9.42. The zero-order valence-electron chi connectivity index (χ0n) is 36.7. The number of carbonyl (C=O) groups is 3. The lowest BCUT2D eigenvalue weighted by atomic mass is 9.84. The number of amides is 1. The van der Waals surface area contributed by atoms with Gasteiger partial charge in [-0.25, -0.2) is 16.8 Å². The fraction of sp³-hybridized carbons (Fsp3) is 0.396. The summed E-state index contributed by atoms with van der Waals surface area (Å²) in [4.78, 5) is 40.7. The van der Waals surface area contributed by atoms with Gasteiger partial charge in [-0.3, -0.25) is 19.3 Å². The highest BCUT2D eigenvalue weighted by atomic mass is 32.2. The van der Waals surface area contributed by atoms with E-state index in [0.717, 1.165) is 16.5 Å². The minimum Gasteiger partial charge on any atom is -0.435 e. The van der Waals surface area contributed by atoms with Gasteiger partial charge in [0, 0.05) is 64.2 Å². The average molecular weight is 939 g/mol. The first-order valence-electron chi connectivity index (χ1n) is 21.1. The molecule has 4 heterocycles. The van der Waals surface area contributed by atoms with Gasteiger partial charge in [0.1, 0.15) is 11.5 Å². The van der Waals surface area contributed by atoms with Crippen LogP contribution in [0, 0.1) is 16.7 Å². The summed E-state index contributed by atoms with van der Waals surface area (Å²) >= 11 is 0. The van der Waals surface area contributed by atoms with Crippen molar-refractivity contribution < 1.29 is 58.3 Å². The second-order valence-corrected chi connectivity index (χ2v) is 22.8. The van der Waals surface area contributed by atoms with E-state index in [0.29, 0.717) is 33.8 Å². The first-order valence-corrected chi connectivity index (χ1v) is 24.7. The highest BCUT2D eigenvalue weighted by molar-refractivity contribution is 7.93. The number of nitrogens with zero attached hydrogens (tertiary/aromatic N) is 2. The van der Waals surface area contributed by atoms with Crippen molar-refractivity contribution in [2.24, 2.45) is 16.7 Å². The highest BCUT2D eigenvalue weighted by Gasteiger charge is 2.47. The van der Waals surface area contributed by atoms with Crippen LogP contribution in [0.15, 0.2) is 91.1 Å². The average Bonchev–Trinajstić information content (AvgIpc) is 3.70. The molecule has 1 amide bonds. The molecule has 5 aromatic rings. The maximum Gasteiger partial charge on any atom is 0.387 e. The van der Waals surface area contributed by atoms with Crippen LogP contribution >= 0.6 is 0 Å². The Morgan fingerprint density at radius 3 is 1.68 bits per heavy atom. The van der Waals surface area contributed by atoms with Gasteiger partial charge in [-0.15, -0.1) is 0 Å². The van der Waals surface area contributed by atoms with Gasteiger partial charge >= 0.3 is 13.2 Å². The number of sulfone groups is 2. The second-order valence-electron chi connectivity index (χ2n) is 18.6. The van der Waals surface area contributed by atoms with Crippen molar-refractivity contribution in [3.8, 4) is 17.2 Å².